The predicted molar refractivity (Wildman–Crippen MR) is 93.9 cm³/mol. The summed E-state index contributed by atoms with van der Waals surface area (Å²) >= 11 is 0. The molecule has 3 nitrogen and oxygen atoms in total. The Morgan fingerprint density at radius 1 is 0.783 bits per heavy atom. The minimum Gasteiger partial charge on any atom is -0.491 e. The molecule has 1 saturated heterocycles. The number of likely N-dealkylation sites (tertiary alicyclic amines) is 1. The fourth-order valence-electron chi connectivity index (χ4n) is 2.96. The summed E-state index contributed by atoms with van der Waals surface area (Å²) in [6, 6.07) is 18.5. The van der Waals surface area contributed by atoms with Crippen LogP contribution in [-0.2, 0) is 4.74 Å². The largest absolute Gasteiger partial charge is 0.491 e. The van der Waals surface area contributed by atoms with E-state index in [0.29, 0.717) is 13.2 Å². The molecule has 0 amide bonds. The zero-order valence-electron chi connectivity index (χ0n) is 13.6. The van der Waals surface area contributed by atoms with Crippen molar-refractivity contribution in [1.82, 2.24) is 4.90 Å². The lowest BCUT2D eigenvalue weighted by Crippen LogP contribution is -2.24. The van der Waals surface area contributed by atoms with Gasteiger partial charge in [-0.25, -0.2) is 0 Å². The van der Waals surface area contributed by atoms with E-state index in [2.05, 4.69) is 23.1 Å². The first-order chi connectivity index (χ1) is 11.4. The van der Waals surface area contributed by atoms with Crippen molar-refractivity contribution >= 4 is 0 Å². The topological polar surface area (TPSA) is 21.7 Å². The molecule has 0 saturated carbocycles. The molecule has 1 fully saturated rings. The van der Waals surface area contributed by atoms with Crippen molar-refractivity contribution in [2.24, 2.45) is 0 Å². The molecular formula is C20H25NO2. The van der Waals surface area contributed by atoms with Crippen molar-refractivity contribution < 1.29 is 9.47 Å². The van der Waals surface area contributed by atoms with Gasteiger partial charge in [-0.2, -0.15) is 0 Å². The molecule has 3 rings (SSSR count). The second-order valence-electron chi connectivity index (χ2n) is 5.87. The van der Waals surface area contributed by atoms with E-state index in [-0.39, 0.29) is 0 Å². The second kappa shape index (κ2) is 8.70. The molecule has 0 radical (unpaired) electrons. The molecule has 0 atom stereocenters. The Morgan fingerprint density at radius 3 is 2.35 bits per heavy atom. The highest BCUT2D eigenvalue weighted by atomic mass is 16.5. The van der Waals surface area contributed by atoms with Crippen molar-refractivity contribution in [2.45, 2.75) is 12.8 Å². The molecule has 0 aliphatic carbocycles. The molecule has 0 unspecified atom stereocenters. The van der Waals surface area contributed by atoms with Gasteiger partial charge in [0.25, 0.3) is 0 Å². The van der Waals surface area contributed by atoms with Gasteiger partial charge in [0, 0.05) is 12.1 Å². The molecule has 3 heteroatoms. The van der Waals surface area contributed by atoms with Crippen LogP contribution in [0.5, 0.6) is 5.75 Å². The molecule has 2 aromatic rings. The van der Waals surface area contributed by atoms with E-state index in [1.807, 2.05) is 36.4 Å². The summed E-state index contributed by atoms with van der Waals surface area (Å²) in [5, 5.41) is 0. The molecule has 0 aromatic heterocycles. The standard InChI is InChI=1S/C20H25NO2/c1-2-8-18(9-3-1)19-10-4-5-11-20(19)23-17-16-22-15-14-21-12-6-7-13-21/h1-5,8-11H,6-7,12-17H2. The lowest BCUT2D eigenvalue weighted by molar-refractivity contribution is 0.0847. The third kappa shape index (κ3) is 4.81. The van der Waals surface area contributed by atoms with Gasteiger partial charge in [0.05, 0.1) is 13.2 Å². The fourth-order valence-corrected chi connectivity index (χ4v) is 2.96. The average molecular weight is 311 g/mol. The second-order valence-corrected chi connectivity index (χ2v) is 5.87. The fraction of sp³-hybridized carbons (Fsp3) is 0.400. The third-order valence-electron chi connectivity index (χ3n) is 4.21. The summed E-state index contributed by atoms with van der Waals surface area (Å²) in [6.07, 6.45) is 2.67. The van der Waals surface area contributed by atoms with Crippen molar-refractivity contribution in [1.29, 1.82) is 0 Å². The highest BCUT2D eigenvalue weighted by molar-refractivity contribution is 5.70. The molecule has 122 valence electrons. The number of ether oxygens (including phenoxy) is 2. The van der Waals surface area contributed by atoms with Gasteiger partial charge >= 0.3 is 0 Å². The summed E-state index contributed by atoms with van der Waals surface area (Å²) in [5.41, 5.74) is 2.31. The van der Waals surface area contributed by atoms with Gasteiger partial charge in [0.1, 0.15) is 12.4 Å². The molecule has 1 aliphatic heterocycles. The van der Waals surface area contributed by atoms with E-state index in [4.69, 9.17) is 9.47 Å². The molecule has 1 heterocycles. The highest BCUT2D eigenvalue weighted by Crippen LogP contribution is 2.29. The van der Waals surface area contributed by atoms with Crippen LogP contribution in [0.1, 0.15) is 12.8 Å². The molecule has 2 aromatic carbocycles. The Bertz CT molecular complexity index is 579. The molecule has 0 spiro atoms. The molecule has 0 bridgehead atoms. The van der Waals surface area contributed by atoms with Gasteiger partial charge < -0.3 is 14.4 Å². The number of para-hydroxylation sites is 1. The molecule has 0 N–H and O–H groups in total. The number of hydrogen-bond acceptors (Lipinski definition) is 3. The lowest BCUT2D eigenvalue weighted by Gasteiger charge is -2.15. The summed E-state index contributed by atoms with van der Waals surface area (Å²) < 4.78 is 11.6. The van der Waals surface area contributed by atoms with E-state index in [9.17, 15) is 0 Å². The molecule has 1 aliphatic rings. The first-order valence-electron chi connectivity index (χ1n) is 8.51. The van der Waals surface area contributed by atoms with E-state index < -0.39 is 0 Å². The van der Waals surface area contributed by atoms with Crippen LogP contribution < -0.4 is 4.74 Å². The number of rotatable bonds is 8. The van der Waals surface area contributed by atoms with Crippen LogP contribution in [0.15, 0.2) is 54.6 Å². The summed E-state index contributed by atoms with van der Waals surface area (Å²) in [6.45, 7) is 5.51. The third-order valence-corrected chi connectivity index (χ3v) is 4.21. The van der Waals surface area contributed by atoms with E-state index >= 15 is 0 Å². The number of nitrogens with zero attached hydrogens (tertiary/aromatic N) is 1. The van der Waals surface area contributed by atoms with Crippen molar-refractivity contribution in [3.63, 3.8) is 0 Å². The van der Waals surface area contributed by atoms with Crippen LogP contribution in [0.25, 0.3) is 11.1 Å². The van der Waals surface area contributed by atoms with Crippen LogP contribution in [0.4, 0.5) is 0 Å². The van der Waals surface area contributed by atoms with Crippen LogP contribution >= 0.6 is 0 Å². The van der Waals surface area contributed by atoms with Gasteiger partial charge in [-0.15, -0.1) is 0 Å². The quantitative estimate of drug-likeness (QED) is 0.691. The number of hydrogen-bond donors (Lipinski definition) is 0. The van der Waals surface area contributed by atoms with Gasteiger partial charge in [0.15, 0.2) is 0 Å². The van der Waals surface area contributed by atoms with Gasteiger partial charge in [0.2, 0.25) is 0 Å². The number of benzene rings is 2. The highest BCUT2D eigenvalue weighted by Gasteiger charge is 2.10. The van der Waals surface area contributed by atoms with Crippen LogP contribution in [0, 0.1) is 0 Å². The monoisotopic (exact) mass is 311 g/mol. The Morgan fingerprint density at radius 2 is 1.52 bits per heavy atom. The Hall–Kier alpha value is -1.84. The zero-order chi connectivity index (χ0) is 15.7. The zero-order valence-corrected chi connectivity index (χ0v) is 13.6. The van der Waals surface area contributed by atoms with Crippen molar-refractivity contribution in [3.8, 4) is 16.9 Å². The van der Waals surface area contributed by atoms with E-state index in [0.717, 1.165) is 24.5 Å². The van der Waals surface area contributed by atoms with Gasteiger partial charge in [-0.3, -0.25) is 0 Å². The Balaban J connectivity index is 1.43. The van der Waals surface area contributed by atoms with Crippen molar-refractivity contribution in [3.05, 3.63) is 54.6 Å². The Labute approximate surface area is 138 Å². The van der Waals surface area contributed by atoms with Crippen LogP contribution in [0.3, 0.4) is 0 Å². The normalized spacial score (nSPS) is 15.0. The minimum atomic E-state index is 0.587. The summed E-state index contributed by atoms with van der Waals surface area (Å²) in [5.74, 6) is 0.918. The maximum atomic E-state index is 5.93. The van der Waals surface area contributed by atoms with E-state index in [1.165, 1.54) is 31.5 Å². The molecular weight excluding hydrogens is 286 g/mol. The van der Waals surface area contributed by atoms with Crippen molar-refractivity contribution in [2.75, 3.05) is 39.5 Å². The van der Waals surface area contributed by atoms with Crippen LogP contribution in [0.2, 0.25) is 0 Å². The van der Waals surface area contributed by atoms with Gasteiger partial charge in [-0.1, -0.05) is 48.5 Å². The first-order valence-corrected chi connectivity index (χ1v) is 8.51. The summed E-state index contributed by atoms with van der Waals surface area (Å²) in [7, 11) is 0. The maximum absolute atomic E-state index is 5.93. The van der Waals surface area contributed by atoms with E-state index in [1.54, 1.807) is 0 Å². The smallest absolute Gasteiger partial charge is 0.127 e. The Kier molecular flexibility index (Phi) is 6.07. The molecule has 23 heavy (non-hydrogen) atoms. The maximum Gasteiger partial charge on any atom is 0.127 e. The lowest BCUT2D eigenvalue weighted by atomic mass is 10.1. The predicted octanol–water partition coefficient (Wildman–Crippen LogP) is 3.84. The SMILES string of the molecule is c1ccc(-c2ccccc2OCCOCCN2CCCC2)cc1. The first kappa shape index (κ1) is 16.0. The minimum absolute atomic E-state index is 0.587. The average Bonchev–Trinajstić information content (AvgIpc) is 3.12. The van der Waals surface area contributed by atoms with Crippen LogP contribution in [-0.4, -0.2) is 44.4 Å². The summed E-state index contributed by atoms with van der Waals surface area (Å²) in [4.78, 5) is 2.46. The van der Waals surface area contributed by atoms with Gasteiger partial charge in [-0.05, 0) is 37.6 Å².